The Morgan fingerprint density at radius 2 is 1.73 bits per heavy atom. The van der Waals surface area contributed by atoms with Gasteiger partial charge in [-0.3, -0.25) is 4.79 Å². The van der Waals surface area contributed by atoms with Crippen LogP contribution in [0.1, 0.15) is 17.0 Å². The van der Waals surface area contributed by atoms with E-state index in [2.05, 4.69) is 15.5 Å². The van der Waals surface area contributed by atoms with E-state index in [9.17, 15) is 4.79 Å². The smallest absolute Gasteiger partial charge is 0.279 e. The zero-order chi connectivity index (χ0) is 18.5. The summed E-state index contributed by atoms with van der Waals surface area (Å²) in [6.45, 7) is 4.78. The molecule has 6 heteroatoms. The number of nitrogens with zero attached hydrogens (tertiary/aromatic N) is 2. The third kappa shape index (κ3) is 4.34. The van der Waals surface area contributed by atoms with Gasteiger partial charge < -0.3 is 14.6 Å². The third-order valence-corrected chi connectivity index (χ3v) is 4.15. The standard InChI is InChI=1S/C20H22N4O2/c1-14-8-7-9-15(2)19(14)21-17(25)12-24(3)13-18-22-23-20(26-18)16-10-5-4-6-11-16/h4-11H,12-13H2,1-3H3,(H,21,25)/p+1. The van der Waals surface area contributed by atoms with Crippen LogP contribution in [0.2, 0.25) is 0 Å². The van der Waals surface area contributed by atoms with Crippen LogP contribution in [-0.4, -0.2) is 29.7 Å². The zero-order valence-corrected chi connectivity index (χ0v) is 15.2. The molecule has 0 aliphatic heterocycles. The highest BCUT2D eigenvalue weighted by molar-refractivity contribution is 5.93. The Kier molecular flexibility index (Phi) is 5.43. The van der Waals surface area contributed by atoms with Gasteiger partial charge in [-0.1, -0.05) is 36.4 Å². The van der Waals surface area contributed by atoms with Crippen LogP contribution in [0.25, 0.3) is 11.5 Å². The Bertz CT molecular complexity index is 870. The molecule has 1 amide bonds. The number of benzene rings is 2. The minimum Gasteiger partial charge on any atom is -0.415 e. The number of nitrogens with one attached hydrogen (secondary N) is 2. The van der Waals surface area contributed by atoms with Crippen molar-refractivity contribution in [3.8, 4) is 11.5 Å². The highest BCUT2D eigenvalue weighted by Gasteiger charge is 2.16. The molecular weight excluding hydrogens is 328 g/mol. The molecule has 134 valence electrons. The van der Waals surface area contributed by atoms with E-state index in [1.165, 1.54) is 0 Å². The summed E-state index contributed by atoms with van der Waals surface area (Å²) in [5.74, 6) is 0.970. The predicted molar refractivity (Wildman–Crippen MR) is 99.7 cm³/mol. The summed E-state index contributed by atoms with van der Waals surface area (Å²) >= 11 is 0. The number of aryl methyl sites for hydroxylation is 2. The summed E-state index contributed by atoms with van der Waals surface area (Å²) in [4.78, 5) is 13.3. The second kappa shape index (κ2) is 7.93. The molecule has 1 atom stereocenters. The molecule has 0 bridgehead atoms. The predicted octanol–water partition coefficient (Wildman–Crippen LogP) is 2.01. The minimum atomic E-state index is -0.0392. The number of anilines is 1. The fourth-order valence-corrected chi connectivity index (χ4v) is 2.81. The molecule has 26 heavy (non-hydrogen) atoms. The van der Waals surface area contributed by atoms with Crippen molar-refractivity contribution in [2.75, 3.05) is 18.9 Å². The third-order valence-electron chi connectivity index (χ3n) is 4.15. The number of likely N-dealkylation sites (N-methyl/N-ethyl adjacent to an activating group) is 1. The van der Waals surface area contributed by atoms with Gasteiger partial charge in [0.2, 0.25) is 5.89 Å². The van der Waals surface area contributed by atoms with E-state index in [0.717, 1.165) is 27.3 Å². The van der Waals surface area contributed by atoms with E-state index in [1.54, 1.807) is 0 Å². The van der Waals surface area contributed by atoms with Crippen molar-refractivity contribution in [3.05, 3.63) is 65.5 Å². The number of hydrogen-bond acceptors (Lipinski definition) is 4. The van der Waals surface area contributed by atoms with Gasteiger partial charge >= 0.3 is 0 Å². The topological polar surface area (TPSA) is 72.5 Å². The van der Waals surface area contributed by atoms with Gasteiger partial charge in [-0.2, -0.15) is 0 Å². The van der Waals surface area contributed by atoms with Crippen molar-refractivity contribution in [2.24, 2.45) is 0 Å². The van der Waals surface area contributed by atoms with E-state index in [1.807, 2.05) is 69.4 Å². The molecule has 3 aromatic rings. The molecule has 1 unspecified atom stereocenters. The van der Waals surface area contributed by atoms with Crippen LogP contribution in [0.15, 0.2) is 52.9 Å². The van der Waals surface area contributed by atoms with Gasteiger partial charge in [0.25, 0.3) is 11.8 Å². The van der Waals surface area contributed by atoms with E-state index < -0.39 is 0 Å². The lowest BCUT2D eigenvalue weighted by atomic mass is 10.1. The van der Waals surface area contributed by atoms with Crippen LogP contribution in [0.4, 0.5) is 5.69 Å². The molecule has 0 saturated heterocycles. The molecule has 0 fully saturated rings. The highest BCUT2D eigenvalue weighted by atomic mass is 16.4. The Hall–Kier alpha value is -2.99. The number of aromatic nitrogens is 2. The number of hydrogen-bond donors (Lipinski definition) is 2. The minimum absolute atomic E-state index is 0.0392. The molecule has 2 aromatic carbocycles. The molecule has 1 heterocycles. The lowest BCUT2D eigenvalue weighted by molar-refractivity contribution is -0.886. The number of carbonyl (C=O) groups excluding carboxylic acids is 1. The molecule has 0 radical (unpaired) electrons. The lowest BCUT2D eigenvalue weighted by Crippen LogP contribution is -3.08. The van der Waals surface area contributed by atoms with Crippen molar-refractivity contribution < 1.29 is 14.1 Å². The van der Waals surface area contributed by atoms with Gasteiger partial charge in [-0.05, 0) is 37.1 Å². The first-order valence-electron chi connectivity index (χ1n) is 8.58. The molecule has 6 nitrogen and oxygen atoms in total. The van der Waals surface area contributed by atoms with Gasteiger partial charge in [0, 0.05) is 11.3 Å². The van der Waals surface area contributed by atoms with Gasteiger partial charge in [0.1, 0.15) is 0 Å². The lowest BCUT2D eigenvalue weighted by Gasteiger charge is -2.14. The largest absolute Gasteiger partial charge is 0.415 e. The summed E-state index contributed by atoms with van der Waals surface area (Å²) < 4.78 is 5.70. The Labute approximate surface area is 152 Å². The average molecular weight is 351 g/mol. The maximum atomic E-state index is 12.3. The fraction of sp³-hybridized carbons (Fsp3) is 0.250. The van der Waals surface area contributed by atoms with Crippen molar-refractivity contribution >= 4 is 11.6 Å². The maximum Gasteiger partial charge on any atom is 0.279 e. The second-order valence-corrected chi connectivity index (χ2v) is 6.49. The van der Waals surface area contributed by atoms with E-state index >= 15 is 0 Å². The van der Waals surface area contributed by atoms with E-state index in [0.29, 0.717) is 24.9 Å². The van der Waals surface area contributed by atoms with Crippen LogP contribution in [0, 0.1) is 13.8 Å². The van der Waals surface area contributed by atoms with Gasteiger partial charge in [0.15, 0.2) is 13.1 Å². The van der Waals surface area contributed by atoms with Crippen molar-refractivity contribution in [1.29, 1.82) is 0 Å². The first-order chi connectivity index (χ1) is 12.5. The normalized spacial score (nSPS) is 12.0. The molecule has 2 N–H and O–H groups in total. The SMILES string of the molecule is Cc1cccc(C)c1NC(=O)C[NH+](C)Cc1nnc(-c2ccccc2)o1. The summed E-state index contributed by atoms with van der Waals surface area (Å²) in [5.41, 5.74) is 3.88. The molecular formula is C20H23N4O2+. The van der Waals surface area contributed by atoms with Gasteiger partial charge in [-0.15, -0.1) is 10.2 Å². The average Bonchev–Trinajstić information content (AvgIpc) is 3.07. The van der Waals surface area contributed by atoms with Crippen LogP contribution in [0.3, 0.4) is 0 Å². The van der Waals surface area contributed by atoms with Crippen LogP contribution >= 0.6 is 0 Å². The number of quaternary nitrogens is 1. The second-order valence-electron chi connectivity index (χ2n) is 6.49. The molecule has 0 aliphatic carbocycles. The summed E-state index contributed by atoms with van der Waals surface area (Å²) in [5, 5.41) is 11.2. The van der Waals surface area contributed by atoms with Crippen molar-refractivity contribution in [2.45, 2.75) is 20.4 Å². The van der Waals surface area contributed by atoms with Gasteiger partial charge in [0.05, 0.1) is 7.05 Å². The molecule has 0 saturated carbocycles. The van der Waals surface area contributed by atoms with Gasteiger partial charge in [-0.25, -0.2) is 0 Å². The number of rotatable bonds is 6. The van der Waals surface area contributed by atoms with E-state index in [4.69, 9.17) is 4.42 Å². The Morgan fingerprint density at radius 3 is 2.42 bits per heavy atom. The highest BCUT2D eigenvalue weighted by Crippen LogP contribution is 2.19. The maximum absolute atomic E-state index is 12.3. The summed E-state index contributed by atoms with van der Waals surface area (Å²) in [6, 6.07) is 15.6. The molecule has 3 rings (SSSR count). The number of para-hydroxylation sites is 1. The summed E-state index contributed by atoms with van der Waals surface area (Å²) in [7, 11) is 1.93. The van der Waals surface area contributed by atoms with Crippen LogP contribution in [0.5, 0.6) is 0 Å². The molecule has 0 aliphatic rings. The van der Waals surface area contributed by atoms with Crippen LogP contribution < -0.4 is 10.2 Å². The first-order valence-corrected chi connectivity index (χ1v) is 8.58. The monoisotopic (exact) mass is 351 g/mol. The Balaban J connectivity index is 1.58. The van der Waals surface area contributed by atoms with Crippen molar-refractivity contribution in [1.82, 2.24) is 10.2 Å². The molecule has 0 spiro atoms. The number of amides is 1. The van der Waals surface area contributed by atoms with E-state index in [-0.39, 0.29) is 5.91 Å². The Morgan fingerprint density at radius 1 is 1.04 bits per heavy atom. The van der Waals surface area contributed by atoms with Crippen LogP contribution in [-0.2, 0) is 11.3 Å². The number of carbonyl (C=O) groups is 1. The quantitative estimate of drug-likeness (QED) is 0.713. The van der Waals surface area contributed by atoms with Crippen molar-refractivity contribution in [3.63, 3.8) is 0 Å². The first kappa shape index (κ1) is 17.8. The zero-order valence-electron chi connectivity index (χ0n) is 15.2. The summed E-state index contributed by atoms with van der Waals surface area (Å²) in [6.07, 6.45) is 0. The fourth-order valence-electron chi connectivity index (χ4n) is 2.81. The molecule has 1 aromatic heterocycles.